The van der Waals surface area contributed by atoms with Crippen molar-refractivity contribution < 1.29 is 19.4 Å². The standard InChI is InChI=1S/C18H21BrN2O4/c1-11(19)9-21(17(24)25-18(2,3)4)10-13-12-7-5-6-8-14(12)20-15(13)16(22)23/h5-8,20H,1,9-10H2,2-4H3,(H,22,23). The van der Waals surface area contributed by atoms with Crippen LogP contribution in [0.5, 0.6) is 0 Å². The van der Waals surface area contributed by atoms with Crippen molar-refractivity contribution in [2.45, 2.75) is 32.9 Å². The molecule has 1 aromatic heterocycles. The molecule has 0 fully saturated rings. The van der Waals surface area contributed by atoms with Gasteiger partial charge >= 0.3 is 12.1 Å². The van der Waals surface area contributed by atoms with Crippen molar-refractivity contribution in [1.82, 2.24) is 9.88 Å². The first kappa shape index (κ1) is 19.1. The molecule has 0 aliphatic rings. The van der Waals surface area contributed by atoms with Crippen LogP contribution in [0.25, 0.3) is 10.9 Å². The molecule has 25 heavy (non-hydrogen) atoms. The second kappa shape index (κ2) is 7.31. The van der Waals surface area contributed by atoms with E-state index in [9.17, 15) is 14.7 Å². The summed E-state index contributed by atoms with van der Waals surface area (Å²) in [6, 6.07) is 7.27. The summed E-state index contributed by atoms with van der Waals surface area (Å²) in [6.45, 7) is 9.39. The molecule has 0 aliphatic carbocycles. The first-order chi connectivity index (χ1) is 11.6. The minimum atomic E-state index is -1.08. The van der Waals surface area contributed by atoms with Gasteiger partial charge in [-0.05, 0) is 26.8 Å². The number of para-hydroxylation sites is 1. The van der Waals surface area contributed by atoms with Crippen LogP contribution in [0.3, 0.4) is 0 Å². The molecule has 1 amide bonds. The van der Waals surface area contributed by atoms with Gasteiger partial charge in [-0.3, -0.25) is 4.90 Å². The maximum Gasteiger partial charge on any atom is 0.410 e. The molecule has 7 heteroatoms. The van der Waals surface area contributed by atoms with Crippen molar-refractivity contribution in [1.29, 1.82) is 0 Å². The minimum Gasteiger partial charge on any atom is -0.477 e. The van der Waals surface area contributed by atoms with Crippen molar-refractivity contribution in [2.75, 3.05) is 6.54 Å². The number of carbonyl (C=O) groups excluding carboxylic acids is 1. The third kappa shape index (κ3) is 4.85. The molecule has 0 aliphatic heterocycles. The van der Waals surface area contributed by atoms with Gasteiger partial charge < -0.3 is 14.8 Å². The van der Waals surface area contributed by atoms with Crippen molar-refractivity contribution in [3.8, 4) is 0 Å². The summed E-state index contributed by atoms with van der Waals surface area (Å²) < 4.78 is 6.02. The topological polar surface area (TPSA) is 82.6 Å². The monoisotopic (exact) mass is 408 g/mol. The number of nitrogens with one attached hydrogen (secondary N) is 1. The zero-order valence-corrected chi connectivity index (χ0v) is 16.0. The number of halogens is 1. The number of nitrogens with zero attached hydrogens (tertiary/aromatic N) is 1. The van der Waals surface area contributed by atoms with E-state index in [1.54, 1.807) is 26.8 Å². The fraction of sp³-hybridized carbons (Fsp3) is 0.333. The van der Waals surface area contributed by atoms with E-state index in [-0.39, 0.29) is 18.8 Å². The molecule has 2 N–H and O–H groups in total. The summed E-state index contributed by atoms with van der Waals surface area (Å²) in [4.78, 5) is 28.4. The minimum absolute atomic E-state index is 0.0648. The number of aromatic nitrogens is 1. The van der Waals surface area contributed by atoms with Crippen LogP contribution in [0.15, 0.2) is 35.3 Å². The van der Waals surface area contributed by atoms with Gasteiger partial charge in [0, 0.05) is 20.9 Å². The molecule has 0 saturated heterocycles. The molecule has 134 valence electrons. The fourth-order valence-corrected chi connectivity index (χ4v) is 2.76. The van der Waals surface area contributed by atoms with E-state index in [1.165, 1.54) is 4.90 Å². The number of hydrogen-bond acceptors (Lipinski definition) is 3. The van der Waals surface area contributed by atoms with Crippen LogP contribution < -0.4 is 0 Å². The number of aromatic amines is 1. The number of benzene rings is 1. The number of carboxylic acid groups (broad SMARTS) is 1. The molecule has 2 aromatic rings. The van der Waals surface area contributed by atoms with Crippen molar-refractivity contribution in [2.24, 2.45) is 0 Å². The van der Waals surface area contributed by atoms with Gasteiger partial charge in [0.15, 0.2) is 0 Å². The Kier molecular flexibility index (Phi) is 5.57. The number of aromatic carboxylic acids is 1. The lowest BCUT2D eigenvalue weighted by Crippen LogP contribution is -2.37. The van der Waals surface area contributed by atoms with Crippen LogP contribution in [-0.2, 0) is 11.3 Å². The van der Waals surface area contributed by atoms with Crippen LogP contribution in [0.4, 0.5) is 4.79 Å². The zero-order chi connectivity index (χ0) is 18.8. The average molecular weight is 409 g/mol. The molecule has 0 saturated carbocycles. The molecule has 0 atom stereocenters. The van der Waals surface area contributed by atoms with Crippen LogP contribution in [0, 0.1) is 0 Å². The second-order valence-electron chi connectivity index (χ2n) is 6.68. The first-order valence-electron chi connectivity index (χ1n) is 7.72. The van der Waals surface area contributed by atoms with E-state index >= 15 is 0 Å². The number of carbonyl (C=O) groups is 2. The van der Waals surface area contributed by atoms with E-state index in [2.05, 4.69) is 27.5 Å². The second-order valence-corrected chi connectivity index (χ2v) is 7.80. The smallest absolute Gasteiger partial charge is 0.410 e. The van der Waals surface area contributed by atoms with Crippen molar-refractivity contribution in [3.63, 3.8) is 0 Å². The number of fused-ring (bicyclic) bond motifs is 1. The zero-order valence-electron chi connectivity index (χ0n) is 14.4. The molecule has 1 aromatic carbocycles. The Bertz CT molecular complexity index is 820. The van der Waals surface area contributed by atoms with E-state index in [1.807, 2.05) is 18.2 Å². The molecule has 6 nitrogen and oxygen atoms in total. The number of rotatable bonds is 5. The number of ether oxygens (including phenoxy) is 1. The third-order valence-electron chi connectivity index (χ3n) is 3.39. The summed E-state index contributed by atoms with van der Waals surface area (Å²) in [6.07, 6.45) is -0.533. The molecule has 0 bridgehead atoms. The number of amides is 1. The van der Waals surface area contributed by atoms with Crippen LogP contribution >= 0.6 is 15.9 Å². The molecular formula is C18H21BrN2O4. The Labute approximate surface area is 154 Å². The Morgan fingerprint density at radius 3 is 2.52 bits per heavy atom. The highest BCUT2D eigenvalue weighted by molar-refractivity contribution is 9.11. The Balaban J connectivity index is 2.43. The highest BCUT2D eigenvalue weighted by Gasteiger charge is 2.26. The maximum absolute atomic E-state index is 12.5. The molecule has 0 unspecified atom stereocenters. The Morgan fingerprint density at radius 2 is 1.96 bits per heavy atom. The van der Waals surface area contributed by atoms with Crippen LogP contribution in [-0.4, -0.2) is 39.2 Å². The number of carboxylic acids is 1. The summed E-state index contributed by atoms with van der Waals surface area (Å²) in [7, 11) is 0. The van der Waals surface area contributed by atoms with Gasteiger partial charge in [-0.1, -0.05) is 40.7 Å². The quantitative estimate of drug-likeness (QED) is 0.761. The van der Waals surface area contributed by atoms with Gasteiger partial charge in [0.2, 0.25) is 0 Å². The number of hydrogen-bond donors (Lipinski definition) is 2. The summed E-state index contributed by atoms with van der Waals surface area (Å²) in [5, 5.41) is 10.3. The average Bonchev–Trinajstić information content (AvgIpc) is 2.83. The molecule has 0 spiro atoms. The molecule has 0 radical (unpaired) electrons. The Morgan fingerprint density at radius 1 is 1.32 bits per heavy atom. The lowest BCUT2D eigenvalue weighted by atomic mass is 10.1. The van der Waals surface area contributed by atoms with Crippen LogP contribution in [0.1, 0.15) is 36.8 Å². The van der Waals surface area contributed by atoms with Gasteiger partial charge in [0.25, 0.3) is 0 Å². The highest BCUT2D eigenvalue weighted by Crippen LogP contribution is 2.25. The van der Waals surface area contributed by atoms with E-state index in [4.69, 9.17) is 4.74 Å². The van der Waals surface area contributed by atoms with E-state index < -0.39 is 17.7 Å². The molecule has 1 heterocycles. The van der Waals surface area contributed by atoms with Gasteiger partial charge in [-0.2, -0.15) is 0 Å². The summed E-state index contributed by atoms with van der Waals surface area (Å²) in [5.74, 6) is -1.08. The normalized spacial score (nSPS) is 11.4. The first-order valence-corrected chi connectivity index (χ1v) is 8.52. The van der Waals surface area contributed by atoms with Crippen LogP contribution in [0.2, 0.25) is 0 Å². The van der Waals surface area contributed by atoms with Gasteiger partial charge in [-0.25, -0.2) is 9.59 Å². The van der Waals surface area contributed by atoms with Gasteiger partial charge in [-0.15, -0.1) is 0 Å². The van der Waals surface area contributed by atoms with E-state index in [0.717, 1.165) is 5.39 Å². The lowest BCUT2D eigenvalue weighted by molar-refractivity contribution is 0.0254. The number of H-pyrrole nitrogens is 1. The third-order valence-corrected chi connectivity index (χ3v) is 3.64. The summed E-state index contributed by atoms with van der Waals surface area (Å²) >= 11 is 3.26. The molecular weight excluding hydrogens is 388 g/mol. The summed E-state index contributed by atoms with van der Waals surface area (Å²) in [5.41, 5.74) is 0.646. The molecule has 2 rings (SSSR count). The fourth-order valence-electron chi connectivity index (χ4n) is 2.46. The maximum atomic E-state index is 12.5. The predicted octanol–water partition coefficient (Wildman–Crippen LogP) is 4.51. The largest absolute Gasteiger partial charge is 0.477 e. The van der Waals surface area contributed by atoms with E-state index in [0.29, 0.717) is 15.6 Å². The highest BCUT2D eigenvalue weighted by atomic mass is 79.9. The van der Waals surface area contributed by atoms with Gasteiger partial charge in [0.05, 0.1) is 13.1 Å². The lowest BCUT2D eigenvalue weighted by Gasteiger charge is -2.27. The Hall–Kier alpha value is -2.28. The SMILES string of the molecule is C=C(Br)CN(Cc1c(C(=O)O)[nH]c2ccccc12)C(=O)OC(C)(C)C. The van der Waals surface area contributed by atoms with Crippen molar-refractivity contribution in [3.05, 3.63) is 46.6 Å². The predicted molar refractivity (Wildman–Crippen MR) is 100.0 cm³/mol. The van der Waals surface area contributed by atoms with Crippen molar-refractivity contribution >= 4 is 38.9 Å². The van der Waals surface area contributed by atoms with Gasteiger partial charge in [0.1, 0.15) is 11.3 Å².